The van der Waals surface area contributed by atoms with Crippen LogP contribution in [0, 0.1) is 5.92 Å². The minimum atomic E-state index is -0.478. The van der Waals surface area contributed by atoms with E-state index in [1.165, 1.54) is 7.11 Å². The third-order valence-corrected chi connectivity index (χ3v) is 2.87. The third kappa shape index (κ3) is 3.31. The van der Waals surface area contributed by atoms with E-state index < -0.39 is 5.97 Å². The van der Waals surface area contributed by atoms with Gasteiger partial charge in [0.2, 0.25) is 5.76 Å². The molecule has 1 atom stereocenters. The highest BCUT2D eigenvalue weighted by Gasteiger charge is 2.29. The summed E-state index contributed by atoms with van der Waals surface area (Å²) in [5.74, 6) is 0.847. The van der Waals surface area contributed by atoms with Crippen molar-refractivity contribution >= 4 is 5.97 Å². The average molecular weight is 239 g/mol. The molecule has 1 aromatic rings. The molecule has 94 valence electrons. The molecule has 17 heavy (non-hydrogen) atoms. The largest absolute Gasteiger partial charge is 0.463 e. The summed E-state index contributed by atoms with van der Waals surface area (Å²) in [6, 6.07) is 3.31. The van der Waals surface area contributed by atoms with Crippen LogP contribution in [0.3, 0.4) is 0 Å². The van der Waals surface area contributed by atoms with Gasteiger partial charge >= 0.3 is 5.97 Å². The zero-order valence-corrected chi connectivity index (χ0v) is 9.81. The number of methoxy groups -OCH3 is 1. The van der Waals surface area contributed by atoms with E-state index >= 15 is 0 Å². The van der Waals surface area contributed by atoms with Gasteiger partial charge in [0.25, 0.3) is 0 Å². The van der Waals surface area contributed by atoms with E-state index in [0.717, 1.165) is 12.8 Å². The van der Waals surface area contributed by atoms with Crippen LogP contribution < -0.4 is 5.32 Å². The quantitative estimate of drug-likeness (QED) is 0.722. The SMILES string of the molecule is COC(=O)c1ccc(CNCC(O)C2CC2)o1. The van der Waals surface area contributed by atoms with Crippen LogP contribution in [0.1, 0.15) is 29.2 Å². The number of furan rings is 1. The van der Waals surface area contributed by atoms with Gasteiger partial charge in [0, 0.05) is 6.54 Å². The topological polar surface area (TPSA) is 71.7 Å². The first-order chi connectivity index (χ1) is 8.20. The fraction of sp³-hybridized carbons (Fsp3) is 0.583. The molecule has 2 N–H and O–H groups in total. The highest BCUT2D eigenvalue weighted by Crippen LogP contribution is 2.32. The smallest absolute Gasteiger partial charge is 0.373 e. The van der Waals surface area contributed by atoms with Gasteiger partial charge in [-0.2, -0.15) is 0 Å². The van der Waals surface area contributed by atoms with E-state index in [0.29, 0.717) is 24.8 Å². The number of nitrogens with one attached hydrogen (secondary N) is 1. The summed E-state index contributed by atoms with van der Waals surface area (Å²) in [6.07, 6.45) is 1.97. The van der Waals surface area contributed by atoms with Crippen molar-refractivity contribution < 1.29 is 19.1 Å². The van der Waals surface area contributed by atoms with Crippen LogP contribution in [0.2, 0.25) is 0 Å². The molecule has 0 saturated heterocycles. The van der Waals surface area contributed by atoms with E-state index in [2.05, 4.69) is 10.1 Å². The molecule has 1 saturated carbocycles. The van der Waals surface area contributed by atoms with Crippen LogP contribution in [0.4, 0.5) is 0 Å². The van der Waals surface area contributed by atoms with Gasteiger partial charge in [0.05, 0.1) is 19.8 Å². The number of ether oxygens (including phenoxy) is 1. The van der Waals surface area contributed by atoms with E-state index in [1.54, 1.807) is 12.1 Å². The molecule has 5 nitrogen and oxygen atoms in total. The van der Waals surface area contributed by atoms with Crippen molar-refractivity contribution in [2.24, 2.45) is 5.92 Å². The Morgan fingerprint density at radius 1 is 1.65 bits per heavy atom. The summed E-state index contributed by atoms with van der Waals surface area (Å²) in [5, 5.41) is 12.7. The summed E-state index contributed by atoms with van der Waals surface area (Å²) >= 11 is 0. The van der Waals surface area contributed by atoms with Gasteiger partial charge in [-0.3, -0.25) is 0 Å². The lowest BCUT2D eigenvalue weighted by atomic mass is 10.2. The maximum Gasteiger partial charge on any atom is 0.373 e. The molecule has 5 heteroatoms. The molecule has 1 aliphatic rings. The molecule has 1 aliphatic carbocycles. The second-order valence-electron chi connectivity index (χ2n) is 4.29. The number of hydrogen-bond acceptors (Lipinski definition) is 5. The molecule has 0 amide bonds. The predicted molar refractivity (Wildman–Crippen MR) is 60.5 cm³/mol. The van der Waals surface area contributed by atoms with Gasteiger partial charge in [-0.1, -0.05) is 0 Å². The lowest BCUT2D eigenvalue weighted by molar-refractivity contribution is 0.0562. The van der Waals surface area contributed by atoms with Gasteiger partial charge < -0.3 is 19.6 Å². The molecule has 1 unspecified atom stereocenters. The summed E-state index contributed by atoms with van der Waals surface area (Å²) in [4.78, 5) is 11.1. The van der Waals surface area contributed by atoms with Crippen molar-refractivity contribution in [2.75, 3.05) is 13.7 Å². The van der Waals surface area contributed by atoms with Crippen LogP contribution in [0.15, 0.2) is 16.5 Å². The molecule has 1 aromatic heterocycles. The molecule has 2 rings (SSSR count). The predicted octanol–water partition coefficient (Wildman–Crippen LogP) is 0.927. The molecule has 1 fully saturated rings. The zero-order valence-electron chi connectivity index (χ0n) is 9.81. The first-order valence-corrected chi connectivity index (χ1v) is 5.76. The summed E-state index contributed by atoms with van der Waals surface area (Å²) in [6.45, 7) is 1.06. The van der Waals surface area contributed by atoms with Gasteiger partial charge in [-0.25, -0.2) is 4.79 Å². The highest BCUT2D eigenvalue weighted by molar-refractivity contribution is 5.86. The van der Waals surface area contributed by atoms with Gasteiger partial charge in [0.1, 0.15) is 5.76 Å². The number of esters is 1. The number of hydrogen-bond donors (Lipinski definition) is 2. The minimum Gasteiger partial charge on any atom is -0.463 e. The monoisotopic (exact) mass is 239 g/mol. The van der Waals surface area contributed by atoms with Gasteiger partial charge in [-0.15, -0.1) is 0 Å². The molecule has 1 heterocycles. The molecular formula is C12H17NO4. The standard InChI is InChI=1S/C12H17NO4/c1-16-12(15)11-5-4-9(17-11)6-13-7-10(14)8-2-3-8/h4-5,8,10,13-14H,2-3,6-7H2,1H3. The van der Waals surface area contributed by atoms with Crippen molar-refractivity contribution in [1.82, 2.24) is 5.32 Å². The Morgan fingerprint density at radius 2 is 2.41 bits per heavy atom. The third-order valence-electron chi connectivity index (χ3n) is 2.87. The summed E-state index contributed by atoms with van der Waals surface area (Å²) < 4.78 is 9.81. The lowest BCUT2D eigenvalue weighted by Gasteiger charge is -2.09. The first-order valence-electron chi connectivity index (χ1n) is 5.76. The number of carbonyl (C=O) groups excluding carboxylic acids is 1. The van der Waals surface area contributed by atoms with Crippen LogP contribution >= 0.6 is 0 Å². The number of aliphatic hydroxyl groups excluding tert-OH is 1. The van der Waals surface area contributed by atoms with Crippen LogP contribution in [0.5, 0.6) is 0 Å². The van der Waals surface area contributed by atoms with E-state index in [4.69, 9.17) is 4.42 Å². The van der Waals surface area contributed by atoms with Crippen molar-refractivity contribution in [3.8, 4) is 0 Å². The van der Waals surface area contributed by atoms with Crippen LogP contribution in [0.25, 0.3) is 0 Å². The molecule has 0 aromatic carbocycles. The normalized spacial score (nSPS) is 16.8. The number of aliphatic hydroxyl groups is 1. The average Bonchev–Trinajstić information content (AvgIpc) is 3.08. The number of carbonyl (C=O) groups is 1. The second kappa shape index (κ2) is 5.33. The van der Waals surface area contributed by atoms with E-state index in [-0.39, 0.29) is 11.9 Å². The molecule has 0 bridgehead atoms. The van der Waals surface area contributed by atoms with E-state index in [1.807, 2.05) is 0 Å². The zero-order chi connectivity index (χ0) is 12.3. The molecule has 0 aliphatic heterocycles. The summed E-state index contributed by atoms with van der Waals surface area (Å²) in [7, 11) is 1.31. The summed E-state index contributed by atoms with van der Waals surface area (Å²) in [5.41, 5.74) is 0. The Labute approximate surface area is 99.8 Å². The Hall–Kier alpha value is -1.33. The second-order valence-corrected chi connectivity index (χ2v) is 4.29. The van der Waals surface area contributed by atoms with Crippen molar-refractivity contribution in [1.29, 1.82) is 0 Å². The minimum absolute atomic E-state index is 0.201. The van der Waals surface area contributed by atoms with Crippen molar-refractivity contribution in [3.63, 3.8) is 0 Å². The molecule has 0 spiro atoms. The van der Waals surface area contributed by atoms with Gasteiger partial charge in [0.15, 0.2) is 0 Å². The Kier molecular flexibility index (Phi) is 3.81. The molecular weight excluding hydrogens is 222 g/mol. The Bertz CT molecular complexity index is 384. The highest BCUT2D eigenvalue weighted by atomic mass is 16.5. The lowest BCUT2D eigenvalue weighted by Crippen LogP contribution is -2.27. The number of rotatable bonds is 6. The maximum absolute atomic E-state index is 11.1. The van der Waals surface area contributed by atoms with Gasteiger partial charge in [-0.05, 0) is 30.9 Å². The molecule has 0 radical (unpaired) electrons. The van der Waals surface area contributed by atoms with E-state index in [9.17, 15) is 9.90 Å². The first kappa shape index (κ1) is 12.1. The Balaban J connectivity index is 1.74. The fourth-order valence-electron chi connectivity index (χ4n) is 1.67. The van der Waals surface area contributed by atoms with Crippen LogP contribution in [-0.2, 0) is 11.3 Å². The fourth-order valence-corrected chi connectivity index (χ4v) is 1.67. The van der Waals surface area contributed by atoms with Crippen molar-refractivity contribution in [3.05, 3.63) is 23.7 Å². The van der Waals surface area contributed by atoms with Crippen molar-refractivity contribution in [2.45, 2.75) is 25.5 Å². The maximum atomic E-state index is 11.1. The Morgan fingerprint density at radius 3 is 3.06 bits per heavy atom. The van der Waals surface area contributed by atoms with Crippen LogP contribution in [-0.4, -0.2) is 30.8 Å².